The van der Waals surface area contributed by atoms with Crippen molar-refractivity contribution < 1.29 is 24.5 Å². The summed E-state index contributed by atoms with van der Waals surface area (Å²) in [6.07, 6.45) is 6.27. The molecule has 2 atom stereocenters. The lowest BCUT2D eigenvalue weighted by atomic mass is 10.0. The van der Waals surface area contributed by atoms with Gasteiger partial charge in [-0.3, -0.25) is 0 Å². The minimum absolute atomic E-state index is 0.298. The quantitative estimate of drug-likeness (QED) is 0.694. The van der Waals surface area contributed by atoms with Gasteiger partial charge >= 0.3 is 11.9 Å². The molecule has 0 amide bonds. The third-order valence-corrected chi connectivity index (χ3v) is 6.23. The molecule has 8 nitrogen and oxygen atoms in total. The molecule has 0 aliphatic carbocycles. The summed E-state index contributed by atoms with van der Waals surface area (Å²) in [5.41, 5.74) is 2.36. The van der Waals surface area contributed by atoms with E-state index in [1.807, 2.05) is 0 Å². The normalized spacial score (nSPS) is 23.1. The smallest absolute Gasteiger partial charge is 0.328 e. The molecule has 0 radical (unpaired) electrons. The largest absolute Gasteiger partial charge is 0.478 e. The van der Waals surface area contributed by atoms with E-state index in [2.05, 4.69) is 53.3 Å². The highest BCUT2D eigenvalue weighted by atomic mass is 32.1. The lowest BCUT2D eigenvalue weighted by molar-refractivity contribution is -0.134. The first-order valence-corrected chi connectivity index (χ1v) is 10.6. The first-order valence-electron chi connectivity index (χ1n) is 9.75. The highest BCUT2D eigenvalue weighted by Gasteiger charge is 2.39. The number of hydrogen-bond acceptors (Lipinski definition) is 7. The van der Waals surface area contributed by atoms with Crippen LogP contribution in [0.5, 0.6) is 5.19 Å². The van der Waals surface area contributed by atoms with Crippen LogP contribution in [-0.4, -0.2) is 62.5 Å². The van der Waals surface area contributed by atoms with E-state index in [0.29, 0.717) is 35.5 Å². The van der Waals surface area contributed by atoms with Gasteiger partial charge in [-0.15, -0.1) is 5.10 Å². The van der Waals surface area contributed by atoms with Gasteiger partial charge in [-0.05, 0) is 45.7 Å². The lowest BCUT2D eigenvalue weighted by Crippen LogP contribution is -2.43. The molecule has 3 heterocycles. The Morgan fingerprint density at radius 2 is 1.77 bits per heavy atom. The molecular weight excluding hydrogens is 406 g/mol. The highest BCUT2D eigenvalue weighted by Crippen LogP contribution is 2.37. The SMILES string of the molecule is Cc1cccc(-c2nnc(OC3CC4CCC(C3)N4C)s2)c1.O=C(O)/C=C/C(=O)O. The van der Waals surface area contributed by atoms with Crippen molar-refractivity contribution in [3.05, 3.63) is 42.0 Å². The molecule has 2 fully saturated rings. The number of piperidine rings is 1. The minimum atomic E-state index is -1.26. The van der Waals surface area contributed by atoms with Crippen LogP contribution < -0.4 is 4.74 Å². The first kappa shape index (κ1) is 21.9. The first-order chi connectivity index (χ1) is 14.3. The summed E-state index contributed by atoms with van der Waals surface area (Å²) in [5, 5.41) is 25.8. The topological polar surface area (TPSA) is 113 Å². The molecule has 4 rings (SSSR count). The summed E-state index contributed by atoms with van der Waals surface area (Å²) in [5.74, 6) is -2.51. The fourth-order valence-corrected chi connectivity index (χ4v) is 4.65. The van der Waals surface area contributed by atoms with E-state index < -0.39 is 11.9 Å². The van der Waals surface area contributed by atoms with E-state index in [0.717, 1.165) is 23.4 Å². The minimum Gasteiger partial charge on any atom is -0.478 e. The number of aromatic nitrogens is 2. The summed E-state index contributed by atoms with van der Waals surface area (Å²) < 4.78 is 6.14. The van der Waals surface area contributed by atoms with Gasteiger partial charge in [0.2, 0.25) is 0 Å². The number of benzene rings is 1. The Bertz CT molecular complexity index is 899. The van der Waals surface area contributed by atoms with Crippen molar-refractivity contribution in [1.29, 1.82) is 0 Å². The van der Waals surface area contributed by atoms with Gasteiger partial charge in [0.15, 0.2) is 5.01 Å². The zero-order chi connectivity index (χ0) is 21.7. The molecule has 0 saturated carbocycles. The second-order valence-corrected chi connectivity index (χ2v) is 8.45. The van der Waals surface area contributed by atoms with Gasteiger partial charge in [0.25, 0.3) is 5.19 Å². The average Bonchev–Trinajstić information content (AvgIpc) is 3.22. The number of aryl methyl sites for hydroxylation is 1. The predicted molar refractivity (Wildman–Crippen MR) is 113 cm³/mol. The van der Waals surface area contributed by atoms with Gasteiger partial charge in [-0.25, -0.2) is 9.59 Å². The maximum Gasteiger partial charge on any atom is 0.328 e. The fraction of sp³-hybridized carbons (Fsp3) is 0.429. The van der Waals surface area contributed by atoms with Crippen molar-refractivity contribution in [2.45, 2.75) is 50.8 Å². The number of ether oxygens (including phenoxy) is 1. The Balaban J connectivity index is 0.000000275. The van der Waals surface area contributed by atoms with Crippen molar-refractivity contribution in [1.82, 2.24) is 15.1 Å². The molecule has 2 aliphatic heterocycles. The van der Waals surface area contributed by atoms with E-state index in [1.54, 1.807) is 11.3 Å². The Labute approximate surface area is 178 Å². The molecule has 9 heteroatoms. The molecule has 0 spiro atoms. The van der Waals surface area contributed by atoms with E-state index in [9.17, 15) is 9.59 Å². The number of fused-ring (bicyclic) bond motifs is 2. The van der Waals surface area contributed by atoms with Crippen LogP contribution in [0.3, 0.4) is 0 Å². The second-order valence-electron chi connectivity index (χ2n) is 7.51. The zero-order valence-corrected chi connectivity index (χ0v) is 17.7. The van der Waals surface area contributed by atoms with Gasteiger partial charge in [-0.2, -0.15) is 0 Å². The maximum atomic E-state index is 9.55. The van der Waals surface area contributed by atoms with E-state index in [-0.39, 0.29) is 0 Å². The van der Waals surface area contributed by atoms with Crippen LogP contribution in [0.2, 0.25) is 0 Å². The Kier molecular flexibility index (Phi) is 7.17. The summed E-state index contributed by atoms with van der Waals surface area (Å²) in [4.78, 5) is 21.6. The Morgan fingerprint density at radius 1 is 1.13 bits per heavy atom. The third kappa shape index (κ3) is 5.87. The van der Waals surface area contributed by atoms with Crippen molar-refractivity contribution in [2.75, 3.05) is 7.05 Å². The van der Waals surface area contributed by atoms with Crippen molar-refractivity contribution >= 4 is 23.3 Å². The van der Waals surface area contributed by atoms with Crippen LogP contribution in [-0.2, 0) is 9.59 Å². The van der Waals surface area contributed by atoms with Crippen LogP contribution in [0.15, 0.2) is 36.4 Å². The molecule has 2 aliphatic rings. The third-order valence-electron chi connectivity index (χ3n) is 5.36. The summed E-state index contributed by atoms with van der Waals surface area (Å²) in [6, 6.07) is 9.74. The van der Waals surface area contributed by atoms with Gasteiger partial charge in [0.05, 0.1) is 0 Å². The Morgan fingerprint density at radius 3 is 2.33 bits per heavy atom. The molecule has 2 unspecified atom stereocenters. The monoisotopic (exact) mass is 431 g/mol. The number of carboxylic acid groups (broad SMARTS) is 2. The van der Waals surface area contributed by atoms with Crippen molar-refractivity contribution in [3.63, 3.8) is 0 Å². The van der Waals surface area contributed by atoms with Crippen LogP contribution in [0.1, 0.15) is 31.2 Å². The molecule has 2 bridgehead atoms. The van der Waals surface area contributed by atoms with Gasteiger partial charge in [0, 0.05) is 29.8 Å². The second kappa shape index (κ2) is 9.82. The lowest BCUT2D eigenvalue weighted by Gasteiger charge is -2.35. The van der Waals surface area contributed by atoms with Crippen LogP contribution in [0, 0.1) is 6.92 Å². The number of hydrogen-bond donors (Lipinski definition) is 2. The number of carbonyl (C=O) groups is 2. The average molecular weight is 432 g/mol. The number of carboxylic acids is 2. The van der Waals surface area contributed by atoms with Crippen molar-refractivity contribution in [3.8, 4) is 15.8 Å². The predicted octanol–water partition coefficient (Wildman–Crippen LogP) is 3.23. The van der Waals surface area contributed by atoms with Crippen LogP contribution >= 0.6 is 11.3 Å². The van der Waals surface area contributed by atoms with Crippen LogP contribution in [0.25, 0.3) is 10.6 Å². The molecule has 160 valence electrons. The zero-order valence-electron chi connectivity index (χ0n) is 16.9. The van der Waals surface area contributed by atoms with E-state index in [1.165, 1.54) is 18.4 Å². The van der Waals surface area contributed by atoms with Gasteiger partial charge in [0.1, 0.15) is 6.10 Å². The summed E-state index contributed by atoms with van der Waals surface area (Å²) in [6.45, 7) is 2.09. The summed E-state index contributed by atoms with van der Waals surface area (Å²) >= 11 is 1.55. The molecular formula is C21H25N3O5S. The standard InChI is InChI=1S/C17H21N3OS.C4H4O4/c1-11-4-3-5-12(8-11)16-18-19-17(22-16)21-15-9-13-6-7-14(10-15)20(13)2;5-3(6)1-2-4(7)8/h3-5,8,13-15H,6-7,9-10H2,1-2H3;1-2H,(H,5,6)(H,7,8)/b;2-1+. The van der Waals surface area contributed by atoms with E-state index in [4.69, 9.17) is 14.9 Å². The molecule has 1 aromatic heterocycles. The molecule has 2 saturated heterocycles. The maximum absolute atomic E-state index is 9.55. The van der Waals surface area contributed by atoms with E-state index >= 15 is 0 Å². The molecule has 1 aromatic carbocycles. The fourth-order valence-electron chi connectivity index (χ4n) is 3.90. The van der Waals surface area contributed by atoms with Crippen LogP contribution in [0.4, 0.5) is 0 Å². The number of rotatable bonds is 5. The van der Waals surface area contributed by atoms with Crippen molar-refractivity contribution in [2.24, 2.45) is 0 Å². The Hall–Kier alpha value is -2.78. The highest BCUT2D eigenvalue weighted by molar-refractivity contribution is 7.16. The summed E-state index contributed by atoms with van der Waals surface area (Å²) in [7, 11) is 2.25. The van der Waals surface area contributed by atoms with Gasteiger partial charge < -0.3 is 19.8 Å². The molecule has 2 N–H and O–H groups in total. The molecule has 30 heavy (non-hydrogen) atoms. The molecule has 2 aromatic rings. The number of nitrogens with zero attached hydrogens (tertiary/aromatic N) is 3. The van der Waals surface area contributed by atoms with Gasteiger partial charge in [-0.1, -0.05) is 40.2 Å². The number of aliphatic carboxylic acids is 2.